The van der Waals surface area contributed by atoms with Gasteiger partial charge in [0.15, 0.2) is 0 Å². The van der Waals surface area contributed by atoms with Crippen LogP contribution in [0, 0.1) is 0 Å². The predicted molar refractivity (Wildman–Crippen MR) is 94.9 cm³/mol. The van der Waals surface area contributed by atoms with Crippen LogP contribution in [0.3, 0.4) is 0 Å². The summed E-state index contributed by atoms with van der Waals surface area (Å²) in [5.41, 5.74) is 2.37. The molecule has 4 rings (SSSR count). The molecule has 6 nitrogen and oxygen atoms in total. The monoisotopic (exact) mass is 370 g/mol. The van der Waals surface area contributed by atoms with E-state index >= 15 is 0 Å². The Bertz CT molecular complexity index is 1000. The van der Waals surface area contributed by atoms with Crippen molar-refractivity contribution < 1.29 is 18.0 Å². The predicted octanol–water partition coefficient (Wildman–Crippen LogP) is 2.02. The Kier molecular flexibility index (Phi) is 4.03. The molecule has 134 valence electrons. The van der Waals surface area contributed by atoms with E-state index in [2.05, 4.69) is 5.32 Å². The lowest BCUT2D eigenvalue weighted by molar-refractivity contribution is -0.121. The van der Waals surface area contributed by atoms with Crippen LogP contribution in [0.2, 0.25) is 0 Å². The van der Waals surface area contributed by atoms with Crippen molar-refractivity contribution in [3.05, 3.63) is 65.2 Å². The summed E-state index contributed by atoms with van der Waals surface area (Å²) in [6.45, 7) is -0.505. The van der Waals surface area contributed by atoms with Gasteiger partial charge in [0.2, 0.25) is 5.91 Å². The van der Waals surface area contributed by atoms with E-state index in [1.54, 1.807) is 12.1 Å². The van der Waals surface area contributed by atoms with Crippen LogP contribution < -0.4 is 5.32 Å². The molecule has 0 spiro atoms. The molecule has 0 saturated carbocycles. The molecule has 0 fully saturated rings. The van der Waals surface area contributed by atoms with E-state index in [0.29, 0.717) is 4.31 Å². The van der Waals surface area contributed by atoms with Gasteiger partial charge in [-0.1, -0.05) is 36.4 Å². The van der Waals surface area contributed by atoms with E-state index in [9.17, 15) is 18.0 Å². The van der Waals surface area contributed by atoms with Gasteiger partial charge in [0.25, 0.3) is 15.9 Å². The second-order valence-electron chi connectivity index (χ2n) is 6.52. The number of nitrogens with zero attached hydrogens (tertiary/aromatic N) is 1. The van der Waals surface area contributed by atoms with E-state index < -0.39 is 28.4 Å². The molecular weight excluding hydrogens is 352 g/mol. The van der Waals surface area contributed by atoms with Crippen LogP contribution in [-0.2, 0) is 21.2 Å². The van der Waals surface area contributed by atoms with Crippen LogP contribution in [0.4, 0.5) is 0 Å². The maximum atomic E-state index is 12.5. The number of aryl methyl sites for hydroxylation is 1. The lowest BCUT2D eigenvalue weighted by Crippen LogP contribution is -2.42. The highest BCUT2D eigenvalue weighted by atomic mass is 32.2. The maximum Gasteiger partial charge on any atom is 0.269 e. The van der Waals surface area contributed by atoms with E-state index in [1.165, 1.54) is 17.7 Å². The summed E-state index contributed by atoms with van der Waals surface area (Å²) >= 11 is 0. The first-order valence-corrected chi connectivity index (χ1v) is 9.96. The summed E-state index contributed by atoms with van der Waals surface area (Å²) in [6.07, 6.45) is 2.72. The van der Waals surface area contributed by atoms with Crippen molar-refractivity contribution in [2.24, 2.45) is 0 Å². The minimum Gasteiger partial charge on any atom is -0.348 e. The highest BCUT2D eigenvalue weighted by Gasteiger charge is 2.42. The topological polar surface area (TPSA) is 83.6 Å². The lowest BCUT2D eigenvalue weighted by Gasteiger charge is -2.27. The summed E-state index contributed by atoms with van der Waals surface area (Å²) in [7, 11) is -3.97. The third-order valence-corrected chi connectivity index (χ3v) is 6.69. The standard InChI is InChI=1S/C19H18N2O4S/c22-18(20-16-10-5-7-13-6-1-2-8-14(13)16)12-21-19(23)15-9-3-4-11-17(15)26(21,24)25/h1-4,6,8-9,11,16H,5,7,10,12H2,(H,20,22)/t16-/m1/s1. The lowest BCUT2D eigenvalue weighted by atomic mass is 9.88. The minimum absolute atomic E-state index is 0.0409. The van der Waals surface area contributed by atoms with Crippen LogP contribution in [0.25, 0.3) is 0 Å². The molecule has 0 unspecified atom stereocenters. The Balaban J connectivity index is 1.53. The van der Waals surface area contributed by atoms with Crippen molar-refractivity contribution in [2.45, 2.75) is 30.2 Å². The first-order valence-electron chi connectivity index (χ1n) is 8.52. The number of hydrogen-bond donors (Lipinski definition) is 1. The molecule has 1 atom stereocenters. The molecular formula is C19H18N2O4S. The van der Waals surface area contributed by atoms with Crippen LogP contribution in [-0.4, -0.2) is 31.1 Å². The Morgan fingerprint density at radius 1 is 1.12 bits per heavy atom. The summed E-state index contributed by atoms with van der Waals surface area (Å²) in [4.78, 5) is 24.9. The fourth-order valence-corrected chi connectivity index (χ4v) is 5.19. The van der Waals surface area contributed by atoms with Gasteiger partial charge in [-0.2, -0.15) is 0 Å². The van der Waals surface area contributed by atoms with Crippen molar-refractivity contribution in [1.82, 2.24) is 9.62 Å². The maximum absolute atomic E-state index is 12.5. The third kappa shape index (κ3) is 2.68. The molecule has 1 aliphatic heterocycles. The highest BCUT2D eigenvalue weighted by Crippen LogP contribution is 2.31. The third-order valence-electron chi connectivity index (χ3n) is 4.90. The number of carbonyl (C=O) groups is 2. The van der Waals surface area contributed by atoms with Gasteiger partial charge >= 0.3 is 0 Å². The zero-order chi connectivity index (χ0) is 18.3. The van der Waals surface area contributed by atoms with Gasteiger partial charge in [0.05, 0.1) is 11.6 Å². The van der Waals surface area contributed by atoms with Gasteiger partial charge < -0.3 is 5.32 Å². The van der Waals surface area contributed by atoms with Gasteiger partial charge in [-0.25, -0.2) is 12.7 Å². The van der Waals surface area contributed by atoms with Gasteiger partial charge in [-0.3, -0.25) is 9.59 Å². The van der Waals surface area contributed by atoms with Gasteiger partial charge in [-0.15, -0.1) is 0 Å². The van der Waals surface area contributed by atoms with Crippen LogP contribution >= 0.6 is 0 Å². The average molecular weight is 370 g/mol. The van der Waals surface area contributed by atoms with Crippen LogP contribution in [0.15, 0.2) is 53.4 Å². The van der Waals surface area contributed by atoms with Crippen molar-refractivity contribution in [3.63, 3.8) is 0 Å². The molecule has 0 radical (unpaired) electrons. The molecule has 2 aromatic carbocycles. The zero-order valence-electron chi connectivity index (χ0n) is 14.0. The van der Waals surface area contributed by atoms with Crippen molar-refractivity contribution >= 4 is 21.8 Å². The van der Waals surface area contributed by atoms with Crippen molar-refractivity contribution in [1.29, 1.82) is 0 Å². The second kappa shape index (κ2) is 6.25. The smallest absolute Gasteiger partial charge is 0.269 e. The highest BCUT2D eigenvalue weighted by molar-refractivity contribution is 7.90. The molecule has 0 aromatic heterocycles. The van der Waals surface area contributed by atoms with E-state index in [-0.39, 0.29) is 16.5 Å². The molecule has 1 heterocycles. The van der Waals surface area contributed by atoms with E-state index in [1.807, 2.05) is 24.3 Å². The summed E-state index contributed by atoms with van der Waals surface area (Å²) in [5, 5.41) is 2.89. The summed E-state index contributed by atoms with van der Waals surface area (Å²) in [5.74, 6) is -1.13. The minimum atomic E-state index is -3.97. The number of hydrogen-bond acceptors (Lipinski definition) is 4. The largest absolute Gasteiger partial charge is 0.348 e. The van der Waals surface area contributed by atoms with Crippen LogP contribution in [0.5, 0.6) is 0 Å². The number of carbonyl (C=O) groups excluding carboxylic acids is 2. The number of benzene rings is 2. The quantitative estimate of drug-likeness (QED) is 0.896. The zero-order valence-corrected chi connectivity index (χ0v) is 14.8. The van der Waals surface area contributed by atoms with E-state index in [4.69, 9.17) is 0 Å². The second-order valence-corrected chi connectivity index (χ2v) is 8.35. The van der Waals surface area contributed by atoms with Gasteiger partial charge in [0, 0.05) is 0 Å². The Morgan fingerprint density at radius 3 is 2.65 bits per heavy atom. The molecule has 0 bridgehead atoms. The number of fused-ring (bicyclic) bond motifs is 2. The number of nitrogens with one attached hydrogen (secondary N) is 1. The number of rotatable bonds is 3. The molecule has 1 aliphatic carbocycles. The SMILES string of the molecule is O=C(CN1C(=O)c2ccccc2S1(=O)=O)N[C@@H]1CCCc2ccccc21. The molecule has 0 saturated heterocycles. The van der Waals surface area contributed by atoms with E-state index in [0.717, 1.165) is 24.8 Å². The fourth-order valence-electron chi connectivity index (χ4n) is 3.66. The average Bonchev–Trinajstić information content (AvgIpc) is 2.83. The molecule has 7 heteroatoms. The molecule has 2 amide bonds. The van der Waals surface area contributed by atoms with Crippen molar-refractivity contribution in [3.8, 4) is 0 Å². The molecule has 26 heavy (non-hydrogen) atoms. The summed E-state index contributed by atoms with van der Waals surface area (Å²) in [6, 6.07) is 13.8. The Labute approximate surface area is 151 Å². The number of amides is 2. The Hall–Kier alpha value is -2.67. The summed E-state index contributed by atoms with van der Waals surface area (Å²) < 4.78 is 25.7. The van der Waals surface area contributed by atoms with Gasteiger partial charge in [-0.05, 0) is 42.5 Å². The number of sulfonamides is 1. The van der Waals surface area contributed by atoms with Gasteiger partial charge in [0.1, 0.15) is 11.4 Å². The molecule has 2 aliphatic rings. The molecule has 1 N–H and O–H groups in total. The van der Waals surface area contributed by atoms with Crippen molar-refractivity contribution in [2.75, 3.05) is 6.54 Å². The first kappa shape index (κ1) is 16.8. The fraction of sp³-hybridized carbons (Fsp3) is 0.263. The normalized spacial score (nSPS) is 20.4. The van der Waals surface area contributed by atoms with Crippen LogP contribution in [0.1, 0.15) is 40.4 Å². The first-order chi connectivity index (χ1) is 12.5. The molecule has 2 aromatic rings. The Morgan fingerprint density at radius 2 is 1.85 bits per heavy atom.